The quantitative estimate of drug-likeness (QED) is 0.733. The molecule has 2 N–H and O–H groups in total. The van der Waals surface area contributed by atoms with Crippen molar-refractivity contribution in [3.8, 4) is 0 Å². The molecule has 1 fully saturated rings. The van der Waals surface area contributed by atoms with Crippen LogP contribution in [0.25, 0.3) is 0 Å². The van der Waals surface area contributed by atoms with Crippen LogP contribution in [0, 0.1) is 0 Å². The molecule has 0 radical (unpaired) electrons. The van der Waals surface area contributed by atoms with Crippen LogP contribution < -0.4 is 10.6 Å². The monoisotopic (exact) mass is 397 g/mol. The number of hydrogen-bond donors (Lipinski definition) is 2. The summed E-state index contributed by atoms with van der Waals surface area (Å²) in [5.41, 5.74) is 0.625. The van der Waals surface area contributed by atoms with E-state index >= 15 is 0 Å². The molecule has 1 aromatic heterocycles. The molecular formula is C21H27N5O3. The summed E-state index contributed by atoms with van der Waals surface area (Å²) >= 11 is 0. The van der Waals surface area contributed by atoms with E-state index < -0.39 is 23.4 Å². The first-order valence-corrected chi connectivity index (χ1v) is 9.71. The third-order valence-electron chi connectivity index (χ3n) is 5.16. The van der Waals surface area contributed by atoms with Gasteiger partial charge in [-0.1, -0.05) is 38.1 Å². The maximum absolute atomic E-state index is 13.0. The van der Waals surface area contributed by atoms with Crippen LogP contribution in [-0.4, -0.2) is 39.1 Å². The lowest BCUT2D eigenvalue weighted by molar-refractivity contribution is -0.133. The Balaban J connectivity index is 1.74. The van der Waals surface area contributed by atoms with E-state index in [1.807, 2.05) is 38.1 Å². The summed E-state index contributed by atoms with van der Waals surface area (Å²) in [6.45, 7) is 9.35. The Hall–Kier alpha value is -3.16. The third kappa shape index (κ3) is 3.87. The molecule has 0 spiro atoms. The number of nitrogens with zero attached hydrogens (tertiary/aromatic N) is 3. The Kier molecular flexibility index (Phi) is 5.46. The molecule has 154 valence electrons. The first kappa shape index (κ1) is 20.6. The van der Waals surface area contributed by atoms with E-state index in [0.717, 1.165) is 10.5 Å². The van der Waals surface area contributed by atoms with Gasteiger partial charge in [0.2, 0.25) is 5.91 Å². The van der Waals surface area contributed by atoms with Gasteiger partial charge in [-0.05, 0) is 37.8 Å². The molecule has 1 aliphatic rings. The number of urea groups is 1. The minimum atomic E-state index is -1.20. The van der Waals surface area contributed by atoms with Crippen molar-refractivity contribution in [1.82, 2.24) is 20.0 Å². The fourth-order valence-corrected chi connectivity index (χ4v) is 3.39. The van der Waals surface area contributed by atoms with E-state index in [9.17, 15) is 14.4 Å². The van der Waals surface area contributed by atoms with Gasteiger partial charge >= 0.3 is 6.03 Å². The minimum absolute atomic E-state index is 0.0640. The number of aromatic nitrogens is 2. The molecule has 4 amide bonds. The maximum atomic E-state index is 13.0. The molecular weight excluding hydrogens is 370 g/mol. The van der Waals surface area contributed by atoms with Gasteiger partial charge in [0.25, 0.3) is 5.91 Å². The number of hydrogen-bond acceptors (Lipinski definition) is 4. The summed E-state index contributed by atoms with van der Waals surface area (Å²) in [6.07, 6.45) is 1.58. The Morgan fingerprint density at radius 1 is 1.14 bits per heavy atom. The van der Waals surface area contributed by atoms with Gasteiger partial charge in [0, 0.05) is 12.1 Å². The zero-order chi connectivity index (χ0) is 21.3. The summed E-state index contributed by atoms with van der Waals surface area (Å²) in [4.78, 5) is 38.9. The first-order chi connectivity index (χ1) is 13.6. The zero-order valence-corrected chi connectivity index (χ0v) is 17.4. The molecule has 3 rings (SSSR count). The fraction of sp³-hybridized carbons (Fsp3) is 0.429. The predicted octanol–water partition coefficient (Wildman–Crippen LogP) is 2.99. The molecule has 29 heavy (non-hydrogen) atoms. The smallest absolute Gasteiger partial charge is 0.319 e. The number of benzene rings is 1. The average Bonchev–Trinajstić information content (AvgIpc) is 3.21. The summed E-state index contributed by atoms with van der Waals surface area (Å²) < 4.78 is 1.66. The van der Waals surface area contributed by atoms with Crippen molar-refractivity contribution in [2.45, 2.75) is 52.1 Å². The highest BCUT2D eigenvalue weighted by Gasteiger charge is 2.49. The number of carbonyl (C=O) groups is 3. The molecule has 8 nitrogen and oxygen atoms in total. The number of carbonyl (C=O) groups excluding carboxylic acids is 3. The Bertz CT molecular complexity index is 932. The van der Waals surface area contributed by atoms with Gasteiger partial charge in [0.1, 0.15) is 17.9 Å². The van der Waals surface area contributed by atoms with Crippen molar-refractivity contribution in [1.29, 1.82) is 0 Å². The third-order valence-corrected chi connectivity index (χ3v) is 5.16. The van der Waals surface area contributed by atoms with Gasteiger partial charge < -0.3 is 10.6 Å². The van der Waals surface area contributed by atoms with Crippen molar-refractivity contribution in [2.24, 2.45) is 0 Å². The van der Waals surface area contributed by atoms with E-state index in [4.69, 9.17) is 0 Å². The average molecular weight is 397 g/mol. The molecule has 1 aromatic carbocycles. The largest absolute Gasteiger partial charge is 0.325 e. The lowest BCUT2D eigenvalue weighted by Crippen LogP contribution is -2.42. The van der Waals surface area contributed by atoms with Crippen LogP contribution in [0.4, 0.5) is 10.6 Å². The van der Waals surface area contributed by atoms with Gasteiger partial charge in [0.05, 0.1) is 6.20 Å². The molecule has 1 atom stereocenters. The second kappa shape index (κ2) is 7.69. The van der Waals surface area contributed by atoms with Crippen molar-refractivity contribution in [3.05, 3.63) is 47.7 Å². The van der Waals surface area contributed by atoms with E-state index in [0.29, 0.717) is 17.3 Å². The van der Waals surface area contributed by atoms with Gasteiger partial charge in [-0.15, -0.1) is 0 Å². The zero-order valence-electron chi connectivity index (χ0n) is 17.4. The van der Waals surface area contributed by atoms with Crippen LogP contribution in [0.15, 0.2) is 36.5 Å². The highest BCUT2D eigenvalue weighted by molar-refractivity contribution is 6.10. The SMILES string of the molecule is CC(C)c1ccc([C@]2(C)NC(=O)N(CC(=O)Nc3ccnn3C(C)C)C2=O)cc1. The van der Waals surface area contributed by atoms with E-state index in [2.05, 4.69) is 29.6 Å². The van der Waals surface area contributed by atoms with E-state index in [-0.39, 0.29) is 12.6 Å². The van der Waals surface area contributed by atoms with Crippen molar-refractivity contribution < 1.29 is 14.4 Å². The number of nitrogens with one attached hydrogen (secondary N) is 2. The minimum Gasteiger partial charge on any atom is -0.319 e. The highest BCUT2D eigenvalue weighted by atomic mass is 16.2. The topological polar surface area (TPSA) is 96.3 Å². The van der Waals surface area contributed by atoms with Gasteiger partial charge in [-0.25, -0.2) is 9.48 Å². The van der Waals surface area contributed by atoms with Crippen LogP contribution in [0.2, 0.25) is 0 Å². The van der Waals surface area contributed by atoms with Crippen molar-refractivity contribution in [3.63, 3.8) is 0 Å². The fourth-order valence-electron chi connectivity index (χ4n) is 3.39. The summed E-state index contributed by atoms with van der Waals surface area (Å²) in [5, 5.41) is 9.60. The number of rotatable bonds is 6. The maximum Gasteiger partial charge on any atom is 0.325 e. The van der Waals surface area contributed by atoms with Crippen molar-refractivity contribution in [2.75, 3.05) is 11.9 Å². The molecule has 0 unspecified atom stereocenters. The molecule has 0 bridgehead atoms. The Morgan fingerprint density at radius 3 is 2.38 bits per heavy atom. The van der Waals surface area contributed by atoms with Crippen molar-refractivity contribution >= 4 is 23.7 Å². The molecule has 2 heterocycles. The highest BCUT2D eigenvalue weighted by Crippen LogP contribution is 2.30. The molecule has 1 aliphatic heterocycles. The van der Waals surface area contributed by atoms with Crippen LogP contribution in [0.5, 0.6) is 0 Å². The van der Waals surface area contributed by atoms with Gasteiger partial charge in [-0.2, -0.15) is 5.10 Å². The van der Waals surface area contributed by atoms with Crippen LogP contribution in [0.3, 0.4) is 0 Å². The second-order valence-electron chi connectivity index (χ2n) is 8.03. The molecule has 0 saturated carbocycles. The summed E-state index contributed by atoms with van der Waals surface area (Å²) in [7, 11) is 0. The predicted molar refractivity (Wildman–Crippen MR) is 109 cm³/mol. The molecule has 2 aromatic rings. The van der Waals surface area contributed by atoms with Crippen LogP contribution in [0.1, 0.15) is 57.7 Å². The Labute approximate surface area is 170 Å². The normalized spacial score (nSPS) is 19.2. The standard InChI is InChI=1S/C21H27N5O3/c1-13(2)15-6-8-16(9-7-15)21(5)19(28)25(20(29)24-21)12-18(27)23-17-10-11-22-26(17)14(3)4/h6-11,13-14H,12H2,1-5H3,(H,23,27)(H,24,29)/t21-/m0/s1. The molecule has 1 saturated heterocycles. The Morgan fingerprint density at radius 2 is 1.79 bits per heavy atom. The molecule has 8 heteroatoms. The lowest BCUT2D eigenvalue weighted by atomic mass is 9.90. The second-order valence-corrected chi connectivity index (χ2v) is 8.03. The van der Waals surface area contributed by atoms with Crippen LogP contribution >= 0.6 is 0 Å². The van der Waals surface area contributed by atoms with Crippen LogP contribution in [-0.2, 0) is 15.1 Å². The first-order valence-electron chi connectivity index (χ1n) is 9.71. The van der Waals surface area contributed by atoms with E-state index in [1.54, 1.807) is 23.9 Å². The van der Waals surface area contributed by atoms with E-state index in [1.165, 1.54) is 0 Å². The van der Waals surface area contributed by atoms with Gasteiger partial charge in [0.15, 0.2) is 0 Å². The molecule has 0 aliphatic carbocycles. The number of anilines is 1. The number of amides is 4. The summed E-state index contributed by atoms with van der Waals surface area (Å²) in [5.74, 6) is -0.0306. The summed E-state index contributed by atoms with van der Waals surface area (Å²) in [6, 6.07) is 8.74. The lowest BCUT2D eigenvalue weighted by Gasteiger charge is -2.23. The van der Waals surface area contributed by atoms with Gasteiger partial charge in [-0.3, -0.25) is 14.5 Å². The number of imide groups is 1.